The summed E-state index contributed by atoms with van der Waals surface area (Å²) in [5.41, 5.74) is 2.44. The van der Waals surface area contributed by atoms with Crippen molar-refractivity contribution in [2.24, 2.45) is 5.84 Å². The lowest BCUT2D eigenvalue weighted by molar-refractivity contribution is -0.122. The van der Waals surface area contributed by atoms with Crippen LogP contribution in [0.15, 0.2) is 0 Å². The van der Waals surface area contributed by atoms with Gasteiger partial charge in [-0.3, -0.25) is 15.1 Å². The zero-order valence-electron chi connectivity index (χ0n) is 9.64. The third-order valence-corrected chi connectivity index (χ3v) is 3.19. The first-order valence-electron chi connectivity index (χ1n) is 5.44. The standard InChI is InChI=1S/C9H16N6OS/c1-15(4-7(16)11-6-2-3-6)5-8-13-14-9(12-10)17-8/h6H,2-5,10H2,1H3,(H,11,16)(H,12,14). The molecule has 17 heavy (non-hydrogen) atoms. The fraction of sp³-hybridized carbons (Fsp3) is 0.667. The number of carbonyl (C=O) groups is 1. The molecule has 4 N–H and O–H groups in total. The van der Waals surface area contributed by atoms with Crippen LogP contribution in [0.3, 0.4) is 0 Å². The fourth-order valence-corrected chi connectivity index (χ4v) is 2.14. The molecule has 1 saturated carbocycles. The predicted octanol–water partition coefficient (Wildman–Crippen LogP) is -0.466. The van der Waals surface area contributed by atoms with Crippen molar-refractivity contribution in [3.63, 3.8) is 0 Å². The van der Waals surface area contributed by atoms with Crippen molar-refractivity contribution >= 4 is 22.4 Å². The van der Waals surface area contributed by atoms with Crippen LogP contribution in [0.2, 0.25) is 0 Å². The van der Waals surface area contributed by atoms with Crippen molar-refractivity contribution in [1.29, 1.82) is 0 Å². The van der Waals surface area contributed by atoms with Gasteiger partial charge in [-0.2, -0.15) is 0 Å². The number of hydrogen-bond donors (Lipinski definition) is 3. The van der Waals surface area contributed by atoms with E-state index < -0.39 is 0 Å². The topological polar surface area (TPSA) is 96.2 Å². The number of nitrogens with two attached hydrogens (primary N) is 1. The molecular formula is C9H16N6OS. The lowest BCUT2D eigenvalue weighted by Crippen LogP contribution is -2.35. The van der Waals surface area contributed by atoms with E-state index in [4.69, 9.17) is 5.84 Å². The average molecular weight is 256 g/mol. The number of amides is 1. The van der Waals surface area contributed by atoms with E-state index in [1.54, 1.807) is 0 Å². The summed E-state index contributed by atoms with van der Waals surface area (Å²) in [4.78, 5) is 13.4. The summed E-state index contributed by atoms with van der Waals surface area (Å²) in [7, 11) is 1.88. The molecule has 0 bridgehead atoms. The second-order valence-electron chi connectivity index (χ2n) is 4.16. The van der Waals surface area contributed by atoms with Crippen LogP contribution in [0, 0.1) is 0 Å². The van der Waals surface area contributed by atoms with Gasteiger partial charge in [0.25, 0.3) is 0 Å². The predicted molar refractivity (Wildman–Crippen MR) is 65.2 cm³/mol. The summed E-state index contributed by atoms with van der Waals surface area (Å²) in [6.45, 7) is 0.971. The maximum Gasteiger partial charge on any atom is 0.234 e. The maximum atomic E-state index is 11.5. The third-order valence-electron chi connectivity index (χ3n) is 2.35. The number of aromatic nitrogens is 2. The van der Waals surface area contributed by atoms with E-state index >= 15 is 0 Å². The van der Waals surface area contributed by atoms with Crippen LogP contribution in [-0.4, -0.2) is 40.6 Å². The Labute approximate surface area is 103 Å². The second-order valence-corrected chi connectivity index (χ2v) is 5.22. The van der Waals surface area contributed by atoms with E-state index in [9.17, 15) is 4.79 Å². The molecule has 0 saturated heterocycles. The smallest absolute Gasteiger partial charge is 0.234 e. The van der Waals surface area contributed by atoms with Gasteiger partial charge in [-0.05, 0) is 19.9 Å². The van der Waals surface area contributed by atoms with Gasteiger partial charge in [0, 0.05) is 6.04 Å². The number of nitrogens with one attached hydrogen (secondary N) is 2. The number of carbonyl (C=O) groups excluding carboxylic acids is 1. The molecular weight excluding hydrogens is 240 g/mol. The molecule has 1 fully saturated rings. The first-order valence-corrected chi connectivity index (χ1v) is 6.26. The molecule has 7 nitrogen and oxygen atoms in total. The van der Waals surface area contributed by atoms with E-state index in [1.807, 2.05) is 11.9 Å². The number of hydrogen-bond acceptors (Lipinski definition) is 7. The first kappa shape index (κ1) is 12.2. The van der Waals surface area contributed by atoms with Crippen LogP contribution in [0.25, 0.3) is 0 Å². The van der Waals surface area contributed by atoms with Gasteiger partial charge in [-0.1, -0.05) is 11.3 Å². The summed E-state index contributed by atoms with van der Waals surface area (Å²) in [6.07, 6.45) is 2.22. The van der Waals surface area contributed by atoms with Gasteiger partial charge >= 0.3 is 0 Å². The van der Waals surface area contributed by atoms with Crippen molar-refractivity contribution in [2.75, 3.05) is 19.0 Å². The van der Waals surface area contributed by atoms with E-state index in [1.165, 1.54) is 11.3 Å². The van der Waals surface area contributed by atoms with E-state index in [0.717, 1.165) is 17.8 Å². The number of nitrogens with zero attached hydrogens (tertiary/aromatic N) is 3. The minimum atomic E-state index is 0.0664. The van der Waals surface area contributed by atoms with E-state index in [-0.39, 0.29) is 5.91 Å². The first-order chi connectivity index (χ1) is 8.17. The molecule has 1 amide bonds. The van der Waals surface area contributed by atoms with Crippen LogP contribution in [0.5, 0.6) is 0 Å². The monoisotopic (exact) mass is 256 g/mol. The van der Waals surface area contributed by atoms with E-state index in [0.29, 0.717) is 24.3 Å². The number of nitrogen functional groups attached to an aromatic ring is 1. The number of likely N-dealkylation sites (N-methyl/N-ethyl adjacent to an activating group) is 1. The summed E-state index contributed by atoms with van der Waals surface area (Å²) in [5, 5.41) is 12.1. The van der Waals surface area contributed by atoms with Gasteiger partial charge in [0.2, 0.25) is 11.0 Å². The van der Waals surface area contributed by atoms with Crippen molar-refractivity contribution < 1.29 is 4.79 Å². The van der Waals surface area contributed by atoms with Crippen LogP contribution in [0.1, 0.15) is 17.8 Å². The summed E-state index contributed by atoms with van der Waals surface area (Å²) in [6, 6.07) is 0.408. The Bertz CT molecular complexity index is 391. The van der Waals surface area contributed by atoms with Gasteiger partial charge in [0.15, 0.2) is 0 Å². The average Bonchev–Trinajstić information content (AvgIpc) is 2.95. The van der Waals surface area contributed by atoms with Crippen LogP contribution in [0.4, 0.5) is 5.13 Å². The molecule has 94 valence electrons. The van der Waals surface area contributed by atoms with Crippen LogP contribution >= 0.6 is 11.3 Å². The third kappa shape index (κ3) is 3.91. The number of anilines is 1. The van der Waals surface area contributed by atoms with Gasteiger partial charge in [0.1, 0.15) is 5.01 Å². The molecule has 0 radical (unpaired) electrons. The minimum Gasteiger partial charge on any atom is -0.352 e. The molecule has 2 rings (SSSR count). The molecule has 1 heterocycles. The SMILES string of the molecule is CN(CC(=O)NC1CC1)Cc1nnc(NN)s1. The van der Waals surface area contributed by atoms with E-state index in [2.05, 4.69) is 20.9 Å². The van der Waals surface area contributed by atoms with Crippen molar-refractivity contribution in [3.05, 3.63) is 5.01 Å². The molecule has 1 aliphatic carbocycles. The van der Waals surface area contributed by atoms with Crippen LogP contribution < -0.4 is 16.6 Å². The Kier molecular flexibility index (Phi) is 3.87. The number of rotatable bonds is 6. The Balaban J connectivity index is 1.75. The molecule has 0 aromatic carbocycles. The molecule has 1 aliphatic rings. The van der Waals surface area contributed by atoms with Crippen molar-refractivity contribution in [2.45, 2.75) is 25.4 Å². The van der Waals surface area contributed by atoms with Gasteiger partial charge in [-0.15, -0.1) is 10.2 Å². The summed E-state index contributed by atoms with van der Waals surface area (Å²) < 4.78 is 0. The van der Waals surface area contributed by atoms with Crippen LogP contribution in [-0.2, 0) is 11.3 Å². The Morgan fingerprint density at radius 1 is 1.59 bits per heavy atom. The molecule has 1 aromatic rings. The quantitative estimate of drug-likeness (QED) is 0.470. The lowest BCUT2D eigenvalue weighted by atomic mass is 10.5. The van der Waals surface area contributed by atoms with Crippen molar-refractivity contribution in [3.8, 4) is 0 Å². The Morgan fingerprint density at radius 3 is 2.94 bits per heavy atom. The van der Waals surface area contributed by atoms with Gasteiger partial charge < -0.3 is 5.32 Å². The molecule has 0 spiro atoms. The Hall–Kier alpha value is -1.25. The molecule has 8 heteroatoms. The highest BCUT2D eigenvalue weighted by Crippen LogP contribution is 2.18. The molecule has 0 unspecified atom stereocenters. The zero-order chi connectivity index (χ0) is 12.3. The molecule has 1 aromatic heterocycles. The summed E-state index contributed by atoms with van der Waals surface area (Å²) >= 11 is 1.38. The second kappa shape index (κ2) is 5.39. The van der Waals surface area contributed by atoms with Gasteiger partial charge in [0.05, 0.1) is 13.1 Å². The molecule has 0 atom stereocenters. The maximum absolute atomic E-state index is 11.5. The highest BCUT2D eigenvalue weighted by molar-refractivity contribution is 7.15. The van der Waals surface area contributed by atoms with Crippen molar-refractivity contribution in [1.82, 2.24) is 20.4 Å². The highest BCUT2D eigenvalue weighted by atomic mass is 32.1. The van der Waals surface area contributed by atoms with Gasteiger partial charge in [-0.25, -0.2) is 5.84 Å². The summed E-state index contributed by atoms with van der Waals surface area (Å²) in [5.74, 6) is 5.28. The Morgan fingerprint density at radius 2 is 2.35 bits per heavy atom. The zero-order valence-corrected chi connectivity index (χ0v) is 10.5. The highest BCUT2D eigenvalue weighted by Gasteiger charge is 2.23. The molecule has 0 aliphatic heterocycles. The normalized spacial score (nSPS) is 15.0. The minimum absolute atomic E-state index is 0.0664. The lowest BCUT2D eigenvalue weighted by Gasteiger charge is -2.13. The fourth-order valence-electron chi connectivity index (χ4n) is 1.41. The largest absolute Gasteiger partial charge is 0.352 e. The number of hydrazine groups is 1.